The van der Waals surface area contributed by atoms with Gasteiger partial charge in [-0.05, 0) is 32.7 Å². The summed E-state index contributed by atoms with van der Waals surface area (Å²) in [7, 11) is 0. The molecule has 2 aliphatic heterocycles. The smallest absolute Gasteiger partial charge is 0.231 e. The number of carbonyl (C=O) groups excluding carboxylic acids is 1. The first-order valence-corrected chi connectivity index (χ1v) is 7.34. The number of rotatable bonds is 4. The third kappa shape index (κ3) is 4.46. The Hall–Kier alpha value is -0.300. The van der Waals surface area contributed by atoms with Crippen molar-refractivity contribution in [3.8, 4) is 0 Å². The molecule has 0 radical (unpaired) electrons. The van der Waals surface area contributed by atoms with E-state index in [0.717, 1.165) is 13.0 Å². The zero-order valence-electron chi connectivity index (χ0n) is 10.2. The number of thioether (sulfide) groups is 1. The van der Waals surface area contributed by atoms with Crippen LogP contribution in [0.4, 0.5) is 0 Å². The SMILES string of the molecule is CC1CC(NC(=O)CSC2CCCCN2)NO1. The van der Waals surface area contributed by atoms with Gasteiger partial charge in [0.2, 0.25) is 5.91 Å². The Kier molecular flexibility index (Phi) is 5.09. The first kappa shape index (κ1) is 13.1. The van der Waals surface area contributed by atoms with E-state index in [1.165, 1.54) is 19.3 Å². The molecule has 0 aromatic carbocycles. The van der Waals surface area contributed by atoms with Gasteiger partial charge in [-0.25, -0.2) is 0 Å². The minimum absolute atomic E-state index is 0.0302. The third-order valence-corrected chi connectivity index (χ3v) is 4.23. The summed E-state index contributed by atoms with van der Waals surface area (Å²) in [6.45, 7) is 3.06. The zero-order chi connectivity index (χ0) is 12.1. The van der Waals surface area contributed by atoms with Gasteiger partial charge >= 0.3 is 0 Å². The van der Waals surface area contributed by atoms with Crippen LogP contribution in [0.2, 0.25) is 0 Å². The third-order valence-electron chi connectivity index (χ3n) is 3.00. The normalized spacial score (nSPS) is 33.6. The number of carbonyl (C=O) groups is 1. The first-order valence-electron chi connectivity index (χ1n) is 6.29. The minimum Gasteiger partial charge on any atom is -0.338 e. The highest BCUT2D eigenvalue weighted by Crippen LogP contribution is 2.18. The lowest BCUT2D eigenvalue weighted by atomic mass is 10.2. The summed E-state index contributed by atoms with van der Waals surface area (Å²) < 4.78 is 0. The molecule has 3 N–H and O–H groups in total. The number of nitrogens with one attached hydrogen (secondary N) is 3. The first-order chi connectivity index (χ1) is 8.24. The fraction of sp³-hybridized carbons (Fsp3) is 0.909. The molecule has 17 heavy (non-hydrogen) atoms. The van der Waals surface area contributed by atoms with E-state index in [1.807, 2.05) is 6.92 Å². The lowest BCUT2D eigenvalue weighted by molar-refractivity contribution is -0.119. The van der Waals surface area contributed by atoms with Gasteiger partial charge in [0.15, 0.2) is 0 Å². The van der Waals surface area contributed by atoms with E-state index in [2.05, 4.69) is 16.1 Å². The van der Waals surface area contributed by atoms with Crippen molar-refractivity contribution in [1.82, 2.24) is 16.1 Å². The van der Waals surface area contributed by atoms with Crippen LogP contribution in [0.5, 0.6) is 0 Å². The Morgan fingerprint density at radius 1 is 1.53 bits per heavy atom. The molecule has 2 heterocycles. The van der Waals surface area contributed by atoms with Gasteiger partial charge in [0, 0.05) is 6.42 Å². The maximum absolute atomic E-state index is 11.7. The fourth-order valence-electron chi connectivity index (χ4n) is 2.09. The summed E-state index contributed by atoms with van der Waals surface area (Å²) in [6, 6.07) is 0. The van der Waals surface area contributed by atoms with Crippen molar-refractivity contribution in [2.24, 2.45) is 0 Å². The molecule has 2 fully saturated rings. The van der Waals surface area contributed by atoms with Crippen molar-refractivity contribution < 1.29 is 9.63 Å². The van der Waals surface area contributed by atoms with Gasteiger partial charge in [-0.3, -0.25) is 9.63 Å². The molecule has 0 aromatic rings. The van der Waals surface area contributed by atoms with Crippen LogP contribution in [-0.2, 0) is 9.63 Å². The molecule has 3 unspecified atom stereocenters. The lowest BCUT2D eigenvalue weighted by Crippen LogP contribution is -2.42. The lowest BCUT2D eigenvalue weighted by Gasteiger charge is -2.22. The van der Waals surface area contributed by atoms with Gasteiger partial charge in [0.05, 0.1) is 17.2 Å². The molecule has 0 aromatic heterocycles. The molecule has 0 bridgehead atoms. The summed E-state index contributed by atoms with van der Waals surface area (Å²) in [6.07, 6.45) is 4.66. The molecule has 98 valence electrons. The monoisotopic (exact) mass is 259 g/mol. The Balaban J connectivity index is 1.60. The van der Waals surface area contributed by atoms with Crippen molar-refractivity contribution in [3.05, 3.63) is 0 Å². The van der Waals surface area contributed by atoms with Crippen LogP contribution in [0.3, 0.4) is 0 Å². The van der Waals surface area contributed by atoms with Crippen LogP contribution in [0.1, 0.15) is 32.6 Å². The van der Waals surface area contributed by atoms with E-state index in [-0.39, 0.29) is 18.2 Å². The summed E-state index contributed by atoms with van der Waals surface area (Å²) in [5.74, 6) is 0.599. The van der Waals surface area contributed by atoms with Crippen molar-refractivity contribution in [2.45, 2.75) is 50.3 Å². The van der Waals surface area contributed by atoms with E-state index in [1.54, 1.807) is 11.8 Å². The van der Waals surface area contributed by atoms with Crippen LogP contribution in [0, 0.1) is 0 Å². The van der Waals surface area contributed by atoms with E-state index < -0.39 is 0 Å². The molecule has 0 saturated carbocycles. The standard InChI is InChI=1S/C11H21N3O2S/c1-8-6-9(14-16-8)13-10(15)7-17-11-4-2-3-5-12-11/h8-9,11-12,14H,2-7H2,1H3,(H,13,15). The molecule has 2 saturated heterocycles. The molecule has 1 amide bonds. The number of hydrogen-bond acceptors (Lipinski definition) is 5. The van der Waals surface area contributed by atoms with E-state index in [0.29, 0.717) is 11.1 Å². The molecule has 6 heteroatoms. The van der Waals surface area contributed by atoms with Crippen molar-refractivity contribution in [2.75, 3.05) is 12.3 Å². The van der Waals surface area contributed by atoms with Crippen LogP contribution in [-0.4, -0.2) is 35.8 Å². The zero-order valence-corrected chi connectivity index (χ0v) is 11.0. The molecule has 3 atom stereocenters. The van der Waals surface area contributed by atoms with Crippen molar-refractivity contribution in [1.29, 1.82) is 0 Å². The predicted octanol–water partition coefficient (Wildman–Crippen LogP) is 0.575. The molecule has 2 rings (SSSR count). The second-order valence-corrected chi connectivity index (χ2v) is 5.84. The summed E-state index contributed by atoms with van der Waals surface area (Å²) in [5, 5.41) is 6.79. The topological polar surface area (TPSA) is 62.4 Å². The van der Waals surface area contributed by atoms with Crippen molar-refractivity contribution in [3.63, 3.8) is 0 Å². The highest BCUT2D eigenvalue weighted by atomic mass is 32.2. The maximum Gasteiger partial charge on any atom is 0.231 e. The second kappa shape index (κ2) is 6.58. The van der Waals surface area contributed by atoms with Gasteiger partial charge in [-0.1, -0.05) is 0 Å². The average molecular weight is 259 g/mol. The quantitative estimate of drug-likeness (QED) is 0.689. The number of amides is 1. The summed E-state index contributed by atoms with van der Waals surface area (Å²) >= 11 is 1.70. The highest BCUT2D eigenvalue weighted by Gasteiger charge is 2.23. The average Bonchev–Trinajstić information content (AvgIpc) is 2.73. The van der Waals surface area contributed by atoms with Crippen LogP contribution in [0.25, 0.3) is 0 Å². The molecule has 2 aliphatic rings. The molecular formula is C11H21N3O2S. The molecule has 0 spiro atoms. The van der Waals surface area contributed by atoms with Gasteiger partial charge in [0.1, 0.15) is 6.17 Å². The molecule has 5 nitrogen and oxygen atoms in total. The Bertz CT molecular complexity index is 259. The van der Waals surface area contributed by atoms with Gasteiger partial charge in [-0.2, -0.15) is 5.48 Å². The number of piperidine rings is 1. The van der Waals surface area contributed by atoms with Crippen LogP contribution >= 0.6 is 11.8 Å². The predicted molar refractivity (Wildman–Crippen MR) is 68.3 cm³/mol. The van der Waals surface area contributed by atoms with Gasteiger partial charge in [0.25, 0.3) is 0 Å². The highest BCUT2D eigenvalue weighted by molar-refractivity contribution is 8.00. The largest absolute Gasteiger partial charge is 0.338 e. The second-order valence-electron chi connectivity index (χ2n) is 4.65. The van der Waals surface area contributed by atoms with Crippen LogP contribution in [0.15, 0.2) is 0 Å². The van der Waals surface area contributed by atoms with Crippen LogP contribution < -0.4 is 16.1 Å². The van der Waals surface area contributed by atoms with Gasteiger partial charge in [-0.15, -0.1) is 11.8 Å². The Morgan fingerprint density at radius 3 is 3.06 bits per heavy atom. The number of hydroxylamine groups is 1. The minimum atomic E-state index is -0.0302. The van der Waals surface area contributed by atoms with E-state index in [9.17, 15) is 4.79 Å². The van der Waals surface area contributed by atoms with Gasteiger partial charge < -0.3 is 10.6 Å². The Morgan fingerprint density at radius 2 is 2.41 bits per heavy atom. The number of hydrogen-bond donors (Lipinski definition) is 3. The summed E-state index contributed by atoms with van der Waals surface area (Å²) in [5.41, 5.74) is 2.82. The molecule has 0 aliphatic carbocycles. The van der Waals surface area contributed by atoms with E-state index in [4.69, 9.17) is 4.84 Å². The fourth-order valence-corrected chi connectivity index (χ4v) is 3.09. The molecular weight excluding hydrogens is 238 g/mol. The maximum atomic E-state index is 11.7. The van der Waals surface area contributed by atoms with Crippen molar-refractivity contribution >= 4 is 17.7 Å². The Labute approximate surface area is 106 Å². The summed E-state index contributed by atoms with van der Waals surface area (Å²) in [4.78, 5) is 16.9. The van der Waals surface area contributed by atoms with E-state index >= 15 is 0 Å².